The van der Waals surface area contributed by atoms with Crippen LogP contribution < -0.4 is 10.1 Å². The lowest BCUT2D eigenvalue weighted by molar-refractivity contribution is 0.210. The molecule has 0 aliphatic heterocycles. The van der Waals surface area contributed by atoms with Gasteiger partial charge in [-0.1, -0.05) is 18.2 Å². The molecule has 0 fully saturated rings. The van der Waals surface area contributed by atoms with E-state index in [9.17, 15) is 5.26 Å². The molecule has 0 saturated heterocycles. The third kappa shape index (κ3) is 4.05. The van der Waals surface area contributed by atoms with E-state index in [1.165, 1.54) is 0 Å². The Hall–Kier alpha value is -3.24. The Balaban J connectivity index is 1.69. The van der Waals surface area contributed by atoms with Gasteiger partial charge in [0.1, 0.15) is 24.2 Å². The summed E-state index contributed by atoms with van der Waals surface area (Å²) in [5.41, 5.74) is 1.22. The first kappa shape index (κ1) is 17.6. The quantitative estimate of drug-likeness (QED) is 0.616. The largest absolute Gasteiger partial charge is 0.485 e. The minimum atomic E-state index is 0.171. The van der Waals surface area contributed by atoms with Gasteiger partial charge in [0.2, 0.25) is 11.6 Å². The normalized spacial score (nSPS) is 10.5. The lowest BCUT2D eigenvalue weighted by atomic mass is 10.2. The second kappa shape index (κ2) is 8.23. The molecule has 0 amide bonds. The van der Waals surface area contributed by atoms with Crippen molar-refractivity contribution in [3.8, 4) is 23.5 Å². The number of nitrogens with zero attached hydrogens (tertiary/aromatic N) is 2. The van der Waals surface area contributed by atoms with E-state index < -0.39 is 0 Å². The summed E-state index contributed by atoms with van der Waals surface area (Å²) < 4.78 is 22.1. The topological polar surface area (TPSA) is 93.4 Å². The van der Waals surface area contributed by atoms with Gasteiger partial charge in [-0.3, -0.25) is 0 Å². The van der Waals surface area contributed by atoms with E-state index in [0.29, 0.717) is 30.6 Å². The number of methoxy groups -OCH3 is 1. The Labute approximate surface area is 151 Å². The smallest absolute Gasteiger partial charge is 0.266 e. The molecule has 7 heteroatoms. The summed E-state index contributed by atoms with van der Waals surface area (Å²) in [6.07, 6.45) is 0. The number of oxazole rings is 1. The monoisotopic (exact) mass is 353 g/mol. The van der Waals surface area contributed by atoms with E-state index in [2.05, 4.69) is 10.3 Å². The maximum Gasteiger partial charge on any atom is 0.266 e. The summed E-state index contributed by atoms with van der Waals surface area (Å²) in [4.78, 5) is 4.16. The summed E-state index contributed by atoms with van der Waals surface area (Å²) >= 11 is 0. The first-order chi connectivity index (χ1) is 12.7. The molecule has 0 atom stereocenters. The average Bonchev–Trinajstić information content (AvgIpc) is 3.28. The predicted molar refractivity (Wildman–Crippen MR) is 94.8 cm³/mol. The van der Waals surface area contributed by atoms with Crippen LogP contribution in [0.2, 0.25) is 0 Å². The van der Waals surface area contributed by atoms with Crippen LogP contribution in [0.15, 0.2) is 45.2 Å². The molecule has 0 unspecified atom stereocenters. The molecule has 1 aromatic carbocycles. The van der Waals surface area contributed by atoms with Gasteiger partial charge in [0, 0.05) is 13.7 Å². The third-order valence-electron chi connectivity index (χ3n) is 3.66. The number of furan rings is 1. The number of aromatic nitrogens is 1. The van der Waals surface area contributed by atoms with Crippen molar-refractivity contribution in [2.45, 2.75) is 13.5 Å². The molecule has 0 bridgehead atoms. The summed E-state index contributed by atoms with van der Waals surface area (Å²) in [5, 5.41) is 12.2. The third-order valence-corrected chi connectivity index (χ3v) is 3.66. The first-order valence-electron chi connectivity index (χ1n) is 8.12. The predicted octanol–water partition coefficient (Wildman–Crippen LogP) is 3.75. The molecule has 0 aliphatic rings. The Morgan fingerprint density at radius 2 is 2.04 bits per heavy atom. The Kier molecular flexibility index (Phi) is 5.56. The minimum Gasteiger partial charge on any atom is -0.485 e. The van der Waals surface area contributed by atoms with E-state index in [1.54, 1.807) is 19.2 Å². The van der Waals surface area contributed by atoms with Gasteiger partial charge in [0.05, 0.1) is 6.61 Å². The van der Waals surface area contributed by atoms with Crippen LogP contribution >= 0.6 is 0 Å². The lowest BCUT2D eigenvalue weighted by Crippen LogP contribution is -2.07. The zero-order valence-corrected chi connectivity index (χ0v) is 14.6. The SMILES string of the molecule is COCCNc1oc(-c2ccc(COc3ccccc3C)o2)nc1C#N. The zero-order chi connectivity index (χ0) is 18.4. The number of ether oxygens (including phenoxy) is 2. The van der Waals surface area contributed by atoms with Crippen molar-refractivity contribution in [3.63, 3.8) is 0 Å². The molecule has 0 spiro atoms. The van der Waals surface area contributed by atoms with Gasteiger partial charge in [0.25, 0.3) is 5.89 Å². The number of hydrogen-bond acceptors (Lipinski definition) is 7. The zero-order valence-electron chi connectivity index (χ0n) is 14.6. The fourth-order valence-corrected chi connectivity index (χ4v) is 2.33. The summed E-state index contributed by atoms with van der Waals surface area (Å²) in [6, 6.07) is 13.3. The van der Waals surface area contributed by atoms with Crippen LogP contribution in [0.5, 0.6) is 5.75 Å². The van der Waals surface area contributed by atoms with Gasteiger partial charge in [-0.2, -0.15) is 10.2 Å². The highest BCUT2D eigenvalue weighted by Gasteiger charge is 2.17. The summed E-state index contributed by atoms with van der Waals surface area (Å²) in [7, 11) is 1.60. The highest BCUT2D eigenvalue weighted by atomic mass is 16.5. The highest BCUT2D eigenvalue weighted by molar-refractivity contribution is 5.54. The van der Waals surface area contributed by atoms with Crippen LogP contribution in [0, 0.1) is 18.3 Å². The average molecular weight is 353 g/mol. The maximum atomic E-state index is 9.18. The molecule has 0 saturated carbocycles. The molecule has 2 heterocycles. The van der Waals surface area contributed by atoms with Crippen molar-refractivity contribution >= 4 is 5.88 Å². The number of benzene rings is 1. The second-order valence-electron chi connectivity index (χ2n) is 5.55. The van der Waals surface area contributed by atoms with E-state index in [4.69, 9.17) is 18.3 Å². The molecule has 3 aromatic rings. The Morgan fingerprint density at radius 1 is 1.19 bits per heavy atom. The molecule has 3 rings (SSSR count). The van der Waals surface area contributed by atoms with Gasteiger partial charge >= 0.3 is 0 Å². The summed E-state index contributed by atoms with van der Waals surface area (Å²) in [6.45, 7) is 3.27. The van der Waals surface area contributed by atoms with Crippen molar-refractivity contribution < 1.29 is 18.3 Å². The fourth-order valence-electron chi connectivity index (χ4n) is 2.33. The van der Waals surface area contributed by atoms with Gasteiger partial charge in [-0.15, -0.1) is 0 Å². The molecule has 2 aromatic heterocycles. The fraction of sp³-hybridized carbons (Fsp3) is 0.263. The van der Waals surface area contributed by atoms with Gasteiger partial charge in [0.15, 0.2) is 5.76 Å². The van der Waals surface area contributed by atoms with Crippen molar-refractivity contribution in [2.75, 3.05) is 25.6 Å². The van der Waals surface area contributed by atoms with E-state index in [1.807, 2.05) is 37.3 Å². The lowest BCUT2D eigenvalue weighted by Gasteiger charge is -2.06. The number of nitrogens with one attached hydrogen (secondary N) is 1. The standard InChI is InChI=1S/C19H19N3O4/c1-13-5-3-4-6-16(13)24-12-14-7-8-17(25-14)19-22-15(11-20)18(26-19)21-9-10-23-2/h3-8,21H,9-10,12H2,1-2H3. The van der Waals surface area contributed by atoms with Crippen molar-refractivity contribution in [1.82, 2.24) is 4.98 Å². The van der Waals surface area contributed by atoms with Gasteiger partial charge < -0.3 is 23.6 Å². The van der Waals surface area contributed by atoms with E-state index in [0.717, 1.165) is 11.3 Å². The molecular weight excluding hydrogens is 334 g/mol. The highest BCUT2D eigenvalue weighted by Crippen LogP contribution is 2.27. The maximum absolute atomic E-state index is 9.18. The Morgan fingerprint density at radius 3 is 2.81 bits per heavy atom. The molecule has 0 radical (unpaired) electrons. The Bertz CT molecular complexity index is 908. The van der Waals surface area contributed by atoms with Crippen LogP contribution in [-0.2, 0) is 11.3 Å². The van der Waals surface area contributed by atoms with Crippen LogP contribution in [0.4, 0.5) is 5.88 Å². The molecular formula is C19H19N3O4. The van der Waals surface area contributed by atoms with Gasteiger partial charge in [-0.05, 0) is 30.7 Å². The summed E-state index contributed by atoms with van der Waals surface area (Å²) in [5.74, 6) is 2.41. The number of aryl methyl sites for hydroxylation is 1. The van der Waals surface area contributed by atoms with E-state index >= 15 is 0 Å². The van der Waals surface area contributed by atoms with Crippen LogP contribution in [0.3, 0.4) is 0 Å². The molecule has 7 nitrogen and oxygen atoms in total. The van der Waals surface area contributed by atoms with Crippen LogP contribution in [-0.4, -0.2) is 25.2 Å². The number of nitriles is 1. The van der Waals surface area contributed by atoms with Crippen molar-refractivity contribution in [2.24, 2.45) is 0 Å². The van der Waals surface area contributed by atoms with Crippen LogP contribution in [0.25, 0.3) is 11.7 Å². The minimum absolute atomic E-state index is 0.171. The van der Waals surface area contributed by atoms with Crippen LogP contribution in [0.1, 0.15) is 17.0 Å². The number of para-hydroxylation sites is 1. The van der Waals surface area contributed by atoms with Crippen molar-refractivity contribution in [3.05, 3.63) is 53.4 Å². The molecule has 134 valence electrons. The molecule has 26 heavy (non-hydrogen) atoms. The molecule has 1 N–H and O–H groups in total. The van der Waals surface area contributed by atoms with Gasteiger partial charge in [-0.25, -0.2) is 0 Å². The number of rotatable bonds is 8. The first-order valence-corrected chi connectivity index (χ1v) is 8.12. The van der Waals surface area contributed by atoms with E-state index in [-0.39, 0.29) is 18.2 Å². The number of anilines is 1. The second-order valence-corrected chi connectivity index (χ2v) is 5.55. The molecule has 0 aliphatic carbocycles. The van der Waals surface area contributed by atoms with Crippen molar-refractivity contribution in [1.29, 1.82) is 5.26 Å². The number of hydrogen-bond donors (Lipinski definition) is 1.